The number of hydrogen-bond acceptors (Lipinski definition) is 8. The fourth-order valence-electron chi connectivity index (χ4n) is 2.77. The number of nitrogens with two attached hydrogens (primary N) is 3. The van der Waals surface area contributed by atoms with Crippen molar-refractivity contribution >= 4 is 35.6 Å². The van der Waals surface area contributed by atoms with Crippen molar-refractivity contribution in [3.05, 3.63) is 0 Å². The summed E-state index contributed by atoms with van der Waals surface area (Å²) in [7, 11) is 0. The van der Waals surface area contributed by atoms with E-state index in [2.05, 4.69) is 16.0 Å². The SMILES string of the molecule is CC(C)C(NC(=O)C(N)CC(=O)O)C(=O)NC(CCCCN)C(=O)NC(CC(N)=O)C(=O)O. The lowest BCUT2D eigenvalue weighted by Crippen LogP contribution is -2.58. The number of carboxylic acids is 2. The Hall–Kier alpha value is -3.26. The predicted octanol–water partition coefficient (Wildman–Crippen LogP) is -3.01. The average molecular weight is 475 g/mol. The molecule has 0 aromatic heterocycles. The molecule has 14 heteroatoms. The molecule has 0 saturated carbocycles. The lowest BCUT2D eigenvalue weighted by molar-refractivity contribution is -0.143. The van der Waals surface area contributed by atoms with E-state index in [4.69, 9.17) is 22.3 Å². The van der Waals surface area contributed by atoms with Crippen molar-refractivity contribution in [1.29, 1.82) is 0 Å². The molecule has 33 heavy (non-hydrogen) atoms. The van der Waals surface area contributed by atoms with Gasteiger partial charge in [0.15, 0.2) is 0 Å². The molecule has 0 fully saturated rings. The van der Waals surface area contributed by atoms with Crippen LogP contribution in [0.2, 0.25) is 0 Å². The maximum atomic E-state index is 12.8. The van der Waals surface area contributed by atoms with E-state index in [-0.39, 0.29) is 6.42 Å². The highest BCUT2D eigenvalue weighted by atomic mass is 16.4. The number of carbonyl (C=O) groups is 6. The molecular weight excluding hydrogens is 440 g/mol. The zero-order valence-corrected chi connectivity index (χ0v) is 18.7. The van der Waals surface area contributed by atoms with Gasteiger partial charge in [0.2, 0.25) is 23.6 Å². The summed E-state index contributed by atoms with van der Waals surface area (Å²) in [4.78, 5) is 70.8. The number of rotatable bonds is 16. The van der Waals surface area contributed by atoms with Gasteiger partial charge in [0, 0.05) is 0 Å². The minimum absolute atomic E-state index is 0.106. The number of unbranched alkanes of at least 4 members (excludes halogenated alkanes) is 1. The van der Waals surface area contributed by atoms with Crippen molar-refractivity contribution in [2.45, 2.75) is 70.1 Å². The fraction of sp³-hybridized carbons (Fsp3) is 0.684. The summed E-state index contributed by atoms with van der Waals surface area (Å²) in [5.74, 6) is -6.63. The number of amides is 4. The van der Waals surface area contributed by atoms with Crippen molar-refractivity contribution in [3.8, 4) is 0 Å². The average Bonchev–Trinajstić information content (AvgIpc) is 2.69. The van der Waals surface area contributed by atoms with Gasteiger partial charge < -0.3 is 43.4 Å². The van der Waals surface area contributed by atoms with Crippen LogP contribution in [-0.2, 0) is 28.8 Å². The Morgan fingerprint density at radius 3 is 1.85 bits per heavy atom. The molecule has 0 aromatic carbocycles. The number of primary amides is 1. The third kappa shape index (κ3) is 11.8. The van der Waals surface area contributed by atoms with Crippen LogP contribution in [0.5, 0.6) is 0 Å². The van der Waals surface area contributed by atoms with Gasteiger partial charge in [-0.1, -0.05) is 13.8 Å². The van der Waals surface area contributed by atoms with Crippen LogP contribution in [0.15, 0.2) is 0 Å². The van der Waals surface area contributed by atoms with Crippen LogP contribution < -0.4 is 33.2 Å². The standard InChI is InChI=1S/C19H34N6O8/c1-9(2)15(25-16(29)10(21)7-14(27)28)18(31)23-11(5-3-4-6-20)17(30)24-12(19(32)33)8-13(22)26/h9-12,15H,3-8,20-21H2,1-2H3,(H2,22,26)(H,23,31)(H,24,30)(H,25,29)(H,27,28)(H,32,33). The van der Waals surface area contributed by atoms with Crippen LogP contribution in [0.3, 0.4) is 0 Å². The van der Waals surface area contributed by atoms with Crippen molar-refractivity contribution in [2.75, 3.05) is 6.54 Å². The highest BCUT2D eigenvalue weighted by Crippen LogP contribution is 2.07. The second-order valence-electron chi connectivity index (χ2n) is 7.85. The number of aliphatic carboxylic acids is 2. The van der Waals surface area contributed by atoms with Gasteiger partial charge in [0.05, 0.1) is 18.9 Å². The maximum Gasteiger partial charge on any atom is 0.326 e. The van der Waals surface area contributed by atoms with E-state index in [1.807, 2.05) is 0 Å². The monoisotopic (exact) mass is 474 g/mol. The molecule has 4 unspecified atom stereocenters. The molecule has 0 aliphatic carbocycles. The lowest BCUT2D eigenvalue weighted by Gasteiger charge is -2.26. The first kappa shape index (κ1) is 29.7. The van der Waals surface area contributed by atoms with Crippen LogP contribution in [-0.4, -0.2) is 76.5 Å². The van der Waals surface area contributed by atoms with E-state index in [0.717, 1.165) is 0 Å². The molecule has 11 N–H and O–H groups in total. The van der Waals surface area contributed by atoms with Gasteiger partial charge in [-0.15, -0.1) is 0 Å². The zero-order chi connectivity index (χ0) is 25.7. The van der Waals surface area contributed by atoms with E-state index >= 15 is 0 Å². The van der Waals surface area contributed by atoms with E-state index in [0.29, 0.717) is 19.4 Å². The minimum atomic E-state index is -1.58. The normalized spacial score (nSPS) is 14.5. The molecule has 0 bridgehead atoms. The molecule has 4 atom stereocenters. The molecular formula is C19H34N6O8. The fourth-order valence-corrected chi connectivity index (χ4v) is 2.77. The Balaban J connectivity index is 5.47. The number of hydrogen-bond donors (Lipinski definition) is 8. The Morgan fingerprint density at radius 2 is 1.39 bits per heavy atom. The Morgan fingerprint density at radius 1 is 0.818 bits per heavy atom. The first-order valence-corrected chi connectivity index (χ1v) is 10.4. The van der Waals surface area contributed by atoms with Crippen LogP contribution in [0.4, 0.5) is 0 Å². The van der Waals surface area contributed by atoms with E-state index in [1.54, 1.807) is 13.8 Å². The van der Waals surface area contributed by atoms with Gasteiger partial charge in [0.1, 0.15) is 18.1 Å². The van der Waals surface area contributed by atoms with Crippen LogP contribution in [0.1, 0.15) is 46.0 Å². The Labute approximate surface area is 191 Å². The smallest absolute Gasteiger partial charge is 0.326 e. The number of carboxylic acid groups (broad SMARTS) is 2. The zero-order valence-electron chi connectivity index (χ0n) is 18.7. The van der Waals surface area contributed by atoms with Gasteiger partial charge >= 0.3 is 11.9 Å². The summed E-state index contributed by atoms with van der Waals surface area (Å²) >= 11 is 0. The van der Waals surface area contributed by atoms with Crippen LogP contribution >= 0.6 is 0 Å². The molecule has 0 aliphatic rings. The van der Waals surface area contributed by atoms with Gasteiger partial charge in [-0.05, 0) is 31.7 Å². The highest BCUT2D eigenvalue weighted by molar-refractivity contribution is 5.95. The Kier molecular flexibility index (Phi) is 13.3. The Bertz CT molecular complexity index is 729. The predicted molar refractivity (Wildman–Crippen MR) is 115 cm³/mol. The van der Waals surface area contributed by atoms with E-state index in [9.17, 15) is 33.9 Å². The van der Waals surface area contributed by atoms with Crippen LogP contribution in [0.25, 0.3) is 0 Å². The number of nitrogens with one attached hydrogen (secondary N) is 3. The summed E-state index contributed by atoms with van der Waals surface area (Å²) in [5.41, 5.74) is 16.0. The number of carbonyl (C=O) groups excluding carboxylic acids is 4. The molecule has 14 nitrogen and oxygen atoms in total. The first-order chi connectivity index (χ1) is 15.3. The molecule has 4 amide bonds. The molecule has 0 saturated heterocycles. The van der Waals surface area contributed by atoms with Gasteiger partial charge in [-0.2, -0.15) is 0 Å². The summed E-state index contributed by atoms with van der Waals surface area (Å²) in [5, 5.41) is 25.0. The first-order valence-electron chi connectivity index (χ1n) is 10.4. The van der Waals surface area contributed by atoms with Gasteiger partial charge in [-0.3, -0.25) is 24.0 Å². The third-order valence-corrected chi connectivity index (χ3v) is 4.58. The highest BCUT2D eigenvalue weighted by Gasteiger charge is 2.32. The second-order valence-corrected chi connectivity index (χ2v) is 7.85. The van der Waals surface area contributed by atoms with Crippen molar-refractivity contribution in [2.24, 2.45) is 23.1 Å². The molecule has 188 valence electrons. The summed E-state index contributed by atoms with van der Waals surface area (Å²) < 4.78 is 0. The van der Waals surface area contributed by atoms with E-state index < -0.39 is 78.5 Å². The molecule has 0 rings (SSSR count). The summed E-state index contributed by atoms with van der Waals surface area (Å²) in [6.45, 7) is 3.56. The summed E-state index contributed by atoms with van der Waals surface area (Å²) in [6.07, 6.45) is -0.229. The van der Waals surface area contributed by atoms with Crippen molar-refractivity contribution in [1.82, 2.24) is 16.0 Å². The van der Waals surface area contributed by atoms with Gasteiger partial charge in [-0.25, -0.2) is 4.79 Å². The van der Waals surface area contributed by atoms with E-state index in [1.165, 1.54) is 0 Å². The topological polar surface area (TPSA) is 257 Å². The minimum Gasteiger partial charge on any atom is -0.481 e. The molecule has 0 radical (unpaired) electrons. The molecule has 0 spiro atoms. The largest absolute Gasteiger partial charge is 0.481 e. The molecule has 0 aromatic rings. The third-order valence-electron chi connectivity index (χ3n) is 4.58. The lowest BCUT2D eigenvalue weighted by atomic mass is 10.0. The summed E-state index contributed by atoms with van der Waals surface area (Å²) in [6, 6.07) is -5.31. The van der Waals surface area contributed by atoms with Crippen LogP contribution in [0, 0.1) is 5.92 Å². The second kappa shape index (κ2) is 14.7. The molecule has 0 aliphatic heterocycles. The maximum absolute atomic E-state index is 12.8. The van der Waals surface area contributed by atoms with Gasteiger partial charge in [0.25, 0.3) is 0 Å². The van der Waals surface area contributed by atoms with Crippen molar-refractivity contribution < 1.29 is 39.0 Å². The molecule has 0 heterocycles. The van der Waals surface area contributed by atoms with Crippen molar-refractivity contribution in [3.63, 3.8) is 0 Å². The quantitative estimate of drug-likeness (QED) is 0.105.